The molecule has 0 saturated heterocycles. The number of benzene rings is 1. The largest absolute Gasteiger partial charge is 0.478 e. The van der Waals surface area contributed by atoms with Crippen molar-refractivity contribution >= 4 is 11.5 Å². The molecule has 3 aromatic rings. The maximum absolute atomic E-state index is 13.2. The molecule has 0 unspecified atom stereocenters. The van der Waals surface area contributed by atoms with E-state index in [1.54, 1.807) is 18.2 Å². The molecule has 0 fully saturated rings. The molecule has 0 saturated carbocycles. The maximum atomic E-state index is 13.2. The minimum Gasteiger partial charge on any atom is -0.478 e. The Hall–Kier alpha value is -2.83. The lowest BCUT2D eigenvalue weighted by Gasteiger charge is -2.07. The van der Waals surface area contributed by atoms with E-state index < -0.39 is 17.8 Å². The molecule has 0 atom stereocenters. The van der Waals surface area contributed by atoms with Crippen molar-refractivity contribution in [3.05, 3.63) is 71.0 Å². The summed E-state index contributed by atoms with van der Waals surface area (Å²) in [6.07, 6.45) is -3.08. The van der Waals surface area contributed by atoms with Gasteiger partial charge in [0.25, 0.3) is 0 Å². The molecule has 1 N–H and O–H groups in total. The number of alkyl halides is 3. The lowest BCUT2D eigenvalue weighted by Crippen LogP contribution is -2.09. The third-order valence-corrected chi connectivity index (χ3v) is 3.49. The van der Waals surface area contributed by atoms with E-state index in [1.807, 2.05) is 0 Å². The molecule has 0 aliphatic rings. The van der Waals surface area contributed by atoms with Crippen LogP contribution in [0.5, 0.6) is 0 Å². The molecule has 4 nitrogen and oxygen atoms in total. The Morgan fingerprint density at radius 2 is 1.83 bits per heavy atom. The van der Waals surface area contributed by atoms with Crippen LogP contribution in [0.25, 0.3) is 5.52 Å². The fourth-order valence-electron chi connectivity index (χ4n) is 2.42. The number of aromatic nitrogens is 2. The fraction of sp³-hybridized carbons (Fsp3) is 0.125. The second-order valence-electron chi connectivity index (χ2n) is 5.03. The van der Waals surface area contributed by atoms with Crippen LogP contribution in [0.3, 0.4) is 0 Å². The van der Waals surface area contributed by atoms with Crippen molar-refractivity contribution in [1.29, 1.82) is 0 Å². The van der Waals surface area contributed by atoms with Crippen LogP contribution in [0.4, 0.5) is 13.2 Å². The van der Waals surface area contributed by atoms with Crippen LogP contribution in [0.15, 0.2) is 48.7 Å². The number of rotatable bonds is 3. The first-order chi connectivity index (χ1) is 10.9. The predicted octanol–water partition coefficient (Wildman–Crippen LogP) is 3.64. The van der Waals surface area contributed by atoms with Crippen molar-refractivity contribution < 1.29 is 23.1 Å². The molecular weight excluding hydrogens is 309 g/mol. The van der Waals surface area contributed by atoms with Crippen molar-refractivity contribution in [3.8, 4) is 0 Å². The summed E-state index contributed by atoms with van der Waals surface area (Å²) in [6.45, 7) is 0. The van der Waals surface area contributed by atoms with Gasteiger partial charge in [0.05, 0.1) is 11.1 Å². The number of nitrogens with zero attached hydrogens (tertiary/aromatic N) is 2. The van der Waals surface area contributed by atoms with Crippen molar-refractivity contribution in [2.45, 2.75) is 12.6 Å². The summed E-state index contributed by atoms with van der Waals surface area (Å²) in [5.41, 5.74) is 0.193. The monoisotopic (exact) mass is 320 g/mol. The normalized spacial score (nSPS) is 11.8. The van der Waals surface area contributed by atoms with Gasteiger partial charge in [0.15, 0.2) is 5.69 Å². The average molecular weight is 320 g/mol. The van der Waals surface area contributed by atoms with Crippen molar-refractivity contribution in [2.24, 2.45) is 0 Å². The van der Waals surface area contributed by atoms with Gasteiger partial charge in [0.2, 0.25) is 0 Å². The summed E-state index contributed by atoms with van der Waals surface area (Å²) in [7, 11) is 0. The zero-order valence-corrected chi connectivity index (χ0v) is 11.7. The van der Waals surface area contributed by atoms with E-state index in [4.69, 9.17) is 5.11 Å². The number of aromatic carboxylic acids is 1. The number of fused-ring (bicyclic) bond motifs is 1. The van der Waals surface area contributed by atoms with Crippen LogP contribution in [-0.4, -0.2) is 20.7 Å². The number of carboxylic acid groups (broad SMARTS) is 1. The van der Waals surface area contributed by atoms with Gasteiger partial charge in [-0.3, -0.25) is 0 Å². The van der Waals surface area contributed by atoms with Crippen LogP contribution < -0.4 is 0 Å². The van der Waals surface area contributed by atoms with E-state index in [-0.39, 0.29) is 17.5 Å². The van der Waals surface area contributed by atoms with E-state index in [2.05, 4.69) is 5.10 Å². The highest BCUT2D eigenvalue weighted by molar-refractivity contribution is 5.87. The van der Waals surface area contributed by atoms with Gasteiger partial charge in [0, 0.05) is 18.2 Å². The minimum absolute atomic E-state index is 0.0161. The molecule has 118 valence electrons. The number of hydrogen-bond acceptors (Lipinski definition) is 2. The first-order valence-electron chi connectivity index (χ1n) is 6.72. The van der Waals surface area contributed by atoms with Gasteiger partial charge in [-0.1, -0.05) is 18.2 Å². The SMILES string of the molecule is O=C(O)c1ccc(Cc2c(C(F)(F)F)nn3ccccc23)cc1. The van der Waals surface area contributed by atoms with Crippen LogP contribution in [-0.2, 0) is 12.6 Å². The number of halogens is 3. The standard InChI is InChI=1S/C16H11F3N2O2/c17-16(18,19)14-12(13-3-1-2-8-21(13)20-14)9-10-4-6-11(7-5-10)15(22)23/h1-8H,9H2,(H,22,23). The molecule has 7 heteroatoms. The van der Waals surface area contributed by atoms with E-state index in [0.29, 0.717) is 11.1 Å². The zero-order chi connectivity index (χ0) is 16.6. The summed E-state index contributed by atoms with van der Waals surface area (Å²) in [5.74, 6) is -1.08. The molecule has 0 aliphatic heterocycles. The quantitative estimate of drug-likeness (QED) is 0.801. The van der Waals surface area contributed by atoms with E-state index in [1.165, 1.54) is 35.0 Å². The summed E-state index contributed by atoms with van der Waals surface area (Å²) < 4.78 is 40.8. The molecule has 2 aromatic heterocycles. The average Bonchev–Trinajstić information content (AvgIpc) is 2.87. The Balaban J connectivity index is 2.06. The van der Waals surface area contributed by atoms with E-state index >= 15 is 0 Å². The Morgan fingerprint density at radius 1 is 1.13 bits per heavy atom. The fourth-order valence-corrected chi connectivity index (χ4v) is 2.42. The Bertz CT molecular complexity index is 867. The summed E-state index contributed by atoms with van der Waals surface area (Å²) in [5, 5.41) is 12.5. The Labute approximate surface area is 128 Å². The van der Waals surface area contributed by atoms with E-state index in [0.717, 1.165) is 0 Å². The second kappa shape index (κ2) is 5.42. The molecular formula is C16H11F3N2O2. The topological polar surface area (TPSA) is 54.6 Å². The first kappa shape index (κ1) is 15.1. The number of carboxylic acids is 1. The lowest BCUT2D eigenvalue weighted by molar-refractivity contribution is -0.141. The summed E-state index contributed by atoms with van der Waals surface area (Å²) in [6, 6.07) is 10.6. The van der Waals surface area contributed by atoms with E-state index in [9.17, 15) is 18.0 Å². The molecule has 0 aliphatic carbocycles. The minimum atomic E-state index is -4.55. The van der Waals surface area contributed by atoms with Crippen LogP contribution in [0.1, 0.15) is 27.2 Å². The van der Waals surface area contributed by atoms with Crippen LogP contribution in [0, 0.1) is 0 Å². The molecule has 0 bridgehead atoms. The van der Waals surface area contributed by atoms with Gasteiger partial charge in [-0.2, -0.15) is 18.3 Å². The van der Waals surface area contributed by atoms with Crippen molar-refractivity contribution in [1.82, 2.24) is 9.61 Å². The van der Waals surface area contributed by atoms with Gasteiger partial charge < -0.3 is 5.11 Å². The third kappa shape index (κ3) is 2.90. The molecule has 1 aromatic carbocycles. The van der Waals surface area contributed by atoms with Gasteiger partial charge in [-0.05, 0) is 29.8 Å². The van der Waals surface area contributed by atoms with Crippen LogP contribution >= 0.6 is 0 Å². The summed E-state index contributed by atoms with van der Waals surface area (Å²) in [4.78, 5) is 10.8. The highest BCUT2D eigenvalue weighted by atomic mass is 19.4. The second-order valence-corrected chi connectivity index (χ2v) is 5.03. The Morgan fingerprint density at radius 3 is 2.43 bits per heavy atom. The zero-order valence-electron chi connectivity index (χ0n) is 11.7. The molecule has 0 radical (unpaired) electrons. The third-order valence-electron chi connectivity index (χ3n) is 3.49. The molecule has 23 heavy (non-hydrogen) atoms. The molecule has 0 amide bonds. The molecule has 3 rings (SSSR count). The smallest absolute Gasteiger partial charge is 0.435 e. The summed E-state index contributed by atoms with van der Waals surface area (Å²) >= 11 is 0. The maximum Gasteiger partial charge on any atom is 0.435 e. The van der Waals surface area contributed by atoms with Gasteiger partial charge in [-0.25, -0.2) is 9.31 Å². The molecule has 2 heterocycles. The van der Waals surface area contributed by atoms with Gasteiger partial charge in [0.1, 0.15) is 0 Å². The predicted molar refractivity (Wildman–Crippen MR) is 76.4 cm³/mol. The number of carbonyl (C=O) groups is 1. The number of hydrogen-bond donors (Lipinski definition) is 1. The lowest BCUT2D eigenvalue weighted by atomic mass is 10.0. The van der Waals surface area contributed by atoms with Crippen LogP contribution in [0.2, 0.25) is 0 Å². The highest BCUT2D eigenvalue weighted by Gasteiger charge is 2.37. The van der Waals surface area contributed by atoms with Gasteiger partial charge in [-0.15, -0.1) is 0 Å². The Kier molecular flexibility index (Phi) is 3.55. The van der Waals surface area contributed by atoms with Gasteiger partial charge >= 0.3 is 12.1 Å². The number of pyridine rings is 1. The first-order valence-corrected chi connectivity index (χ1v) is 6.72. The van der Waals surface area contributed by atoms with Crippen molar-refractivity contribution in [3.63, 3.8) is 0 Å². The molecule has 0 spiro atoms. The highest BCUT2D eigenvalue weighted by Crippen LogP contribution is 2.34. The van der Waals surface area contributed by atoms with Crippen molar-refractivity contribution in [2.75, 3.05) is 0 Å².